The van der Waals surface area contributed by atoms with E-state index in [2.05, 4.69) is 15.5 Å². The first-order valence-electron chi connectivity index (χ1n) is 6.66. The first kappa shape index (κ1) is 12.9. The first-order chi connectivity index (χ1) is 9.86. The fourth-order valence-electron chi connectivity index (χ4n) is 2.37. The van der Waals surface area contributed by atoms with E-state index in [-0.39, 0.29) is 6.04 Å². The molecule has 2 aromatic rings. The van der Waals surface area contributed by atoms with Crippen LogP contribution < -0.4 is 14.8 Å². The maximum atomic E-state index is 5.67. The molecule has 0 radical (unpaired) electrons. The van der Waals surface area contributed by atoms with Gasteiger partial charge in [0.25, 0.3) is 0 Å². The number of nitrogens with zero attached hydrogens (tertiary/aromatic N) is 2. The van der Waals surface area contributed by atoms with Gasteiger partial charge in [0, 0.05) is 31.0 Å². The molecule has 0 saturated carbocycles. The Hall–Kier alpha value is -2.08. The zero-order valence-electron chi connectivity index (χ0n) is 11.3. The van der Waals surface area contributed by atoms with Crippen LogP contribution >= 0.6 is 0 Å². The maximum absolute atomic E-state index is 5.67. The molecule has 0 spiro atoms. The molecule has 0 amide bonds. The summed E-state index contributed by atoms with van der Waals surface area (Å²) in [6, 6.07) is 6.16. The van der Waals surface area contributed by atoms with Gasteiger partial charge in [0.15, 0.2) is 6.33 Å². The van der Waals surface area contributed by atoms with E-state index < -0.39 is 0 Å². The molecule has 1 atom stereocenters. The first-order valence-corrected chi connectivity index (χ1v) is 6.66. The number of ether oxygens (including phenoxy) is 2. The lowest BCUT2D eigenvalue weighted by atomic mass is 10.00. The third-order valence-corrected chi connectivity index (χ3v) is 3.39. The number of nitrogens with one attached hydrogen (secondary N) is 1. The summed E-state index contributed by atoms with van der Waals surface area (Å²) in [5.74, 6) is 2.42. The zero-order valence-corrected chi connectivity index (χ0v) is 11.3. The van der Waals surface area contributed by atoms with Crippen molar-refractivity contribution < 1.29 is 14.0 Å². The predicted molar refractivity (Wildman–Crippen MR) is 71.9 cm³/mol. The molecule has 1 aromatic heterocycles. The molecular formula is C14H17N3O3. The average Bonchev–Trinajstić information content (AvgIpc) is 3.00. The van der Waals surface area contributed by atoms with Crippen LogP contribution in [0.25, 0.3) is 0 Å². The van der Waals surface area contributed by atoms with Gasteiger partial charge in [-0.25, -0.2) is 0 Å². The fraction of sp³-hybridized carbons (Fsp3) is 0.429. The molecule has 20 heavy (non-hydrogen) atoms. The molecule has 6 nitrogen and oxygen atoms in total. The van der Waals surface area contributed by atoms with Crippen LogP contribution in [-0.4, -0.2) is 30.4 Å². The van der Waals surface area contributed by atoms with Crippen molar-refractivity contribution in [3.8, 4) is 11.5 Å². The topological polar surface area (TPSA) is 69.4 Å². The third-order valence-electron chi connectivity index (χ3n) is 3.39. The van der Waals surface area contributed by atoms with Crippen molar-refractivity contribution in [2.45, 2.75) is 18.9 Å². The quantitative estimate of drug-likeness (QED) is 0.896. The maximum Gasteiger partial charge on any atom is 0.227 e. The summed E-state index contributed by atoms with van der Waals surface area (Å²) in [6.45, 7) is 1.50. The summed E-state index contributed by atoms with van der Waals surface area (Å²) in [4.78, 5) is 4.01. The van der Waals surface area contributed by atoms with Gasteiger partial charge in [-0.1, -0.05) is 5.16 Å². The predicted octanol–water partition coefficient (Wildman–Crippen LogP) is 1.73. The van der Waals surface area contributed by atoms with E-state index in [1.165, 1.54) is 6.33 Å². The summed E-state index contributed by atoms with van der Waals surface area (Å²) < 4.78 is 15.9. The van der Waals surface area contributed by atoms with E-state index in [9.17, 15) is 0 Å². The molecule has 0 bridgehead atoms. The van der Waals surface area contributed by atoms with Crippen LogP contribution in [0.3, 0.4) is 0 Å². The van der Waals surface area contributed by atoms with E-state index >= 15 is 0 Å². The van der Waals surface area contributed by atoms with Crippen molar-refractivity contribution in [2.75, 3.05) is 20.3 Å². The Morgan fingerprint density at radius 2 is 2.40 bits per heavy atom. The van der Waals surface area contributed by atoms with Crippen molar-refractivity contribution >= 4 is 0 Å². The molecular weight excluding hydrogens is 258 g/mol. The van der Waals surface area contributed by atoms with Crippen LogP contribution in [0.5, 0.6) is 11.5 Å². The minimum absolute atomic E-state index is 0.261. The van der Waals surface area contributed by atoms with E-state index in [1.54, 1.807) is 7.11 Å². The van der Waals surface area contributed by atoms with Crippen LogP contribution in [0.15, 0.2) is 29.0 Å². The molecule has 1 N–H and O–H groups in total. The van der Waals surface area contributed by atoms with Crippen molar-refractivity contribution in [1.82, 2.24) is 15.5 Å². The van der Waals surface area contributed by atoms with Crippen molar-refractivity contribution in [1.29, 1.82) is 0 Å². The fourth-order valence-corrected chi connectivity index (χ4v) is 2.37. The third kappa shape index (κ3) is 2.75. The Bertz CT molecular complexity index is 557. The van der Waals surface area contributed by atoms with Gasteiger partial charge in [0.1, 0.15) is 11.5 Å². The number of hydrogen-bond acceptors (Lipinski definition) is 6. The second-order valence-corrected chi connectivity index (χ2v) is 4.63. The summed E-state index contributed by atoms with van der Waals surface area (Å²) in [5, 5.41) is 7.10. The van der Waals surface area contributed by atoms with Gasteiger partial charge in [-0.2, -0.15) is 4.98 Å². The van der Waals surface area contributed by atoms with E-state index in [0.717, 1.165) is 43.1 Å². The standard InChI is InChI=1S/C14H17N3O3/c1-18-10-2-3-13-11(8-10)12(5-7-19-13)15-6-4-14-16-9-17-20-14/h2-3,8-9,12,15H,4-7H2,1H3. The number of benzene rings is 1. The molecule has 2 heterocycles. The van der Waals surface area contributed by atoms with Crippen molar-refractivity contribution in [3.63, 3.8) is 0 Å². The van der Waals surface area contributed by atoms with Gasteiger partial charge in [0.2, 0.25) is 5.89 Å². The lowest BCUT2D eigenvalue weighted by Gasteiger charge is -2.27. The van der Waals surface area contributed by atoms with E-state index in [0.29, 0.717) is 5.89 Å². The molecule has 3 rings (SSSR count). The lowest BCUT2D eigenvalue weighted by Crippen LogP contribution is -2.28. The van der Waals surface area contributed by atoms with Gasteiger partial charge in [-0.15, -0.1) is 0 Å². The number of aromatic nitrogens is 2. The highest BCUT2D eigenvalue weighted by Gasteiger charge is 2.21. The number of methoxy groups -OCH3 is 1. The van der Waals surface area contributed by atoms with Crippen LogP contribution in [0, 0.1) is 0 Å². The van der Waals surface area contributed by atoms with Crippen LogP contribution in [-0.2, 0) is 6.42 Å². The highest BCUT2D eigenvalue weighted by molar-refractivity contribution is 5.43. The van der Waals surface area contributed by atoms with Gasteiger partial charge in [0.05, 0.1) is 13.7 Å². The SMILES string of the molecule is COc1ccc2c(c1)C(NCCc1ncno1)CCO2. The van der Waals surface area contributed by atoms with Crippen LogP contribution in [0.1, 0.15) is 23.9 Å². The Kier molecular flexibility index (Phi) is 3.83. The second kappa shape index (κ2) is 5.92. The average molecular weight is 275 g/mol. The van der Waals surface area contributed by atoms with E-state index in [1.807, 2.05) is 18.2 Å². The van der Waals surface area contributed by atoms with Crippen LogP contribution in [0.4, 0.5) is 0 Å². The molecule has 1 aromatic carbocycles. The van der Waals surface area contributed by atoms with Crippen molar-refractivity contribution in [2.24, 2.45) is 0 Å². The minimum atomic E-state index is 0.261. The molecule has 0 fully saturated rings. The Morgan fingerprint density at radius 3 is 3.20 bits per heavy atom. The summed E-state index contributed by atoms with van der Waals surface area (Å²) >= 11 is 0. The normalized spacial score (nSPS) is 17.4. The molecule has 0 saturated heterocycles. The van der Waals surface area contributed by atoms with Gasteiger partial charge < -0.3 is 19.3 Å². The largest absolute Gasteiger partial charge is 0.497 e. The van der Waals surface area contributed by atoms with Gasteiger partial charge in [-0.05, 0) is 18.2 Å². The van der Waals surface area contributed by atoms with Gasteiger partial charge >= 0.3 is 0 Å². The molecule has 1 unspecified atom stereocenters. The lowest BCUT2D eigenvalue weighted by molar-refractivity contribution is 0.251. The Balaban J connectivity index is 1.66. The highest BCUT2D eigenvalue weighted by atomic mass is 16.5. The number of fused-ring (bicyclic) bond motifs is 1. The minimum Gasteiger partial charge on any atom is -0.497 e. The molecule has 106 valence electrons. The summed E-state index contributed by atoms with van der Waals surface area (Å²) in [7, 11) is 1.67. The number of rotatable bonds is 5. The van der Waals surface area contributed by atoms with E-state index in [4.69, 9.17) is 14.0 Å². The zero-order chi connectivity index (χ0) is 13.8. The Labute approximate surface area is 117 Å². The summed E-state index contributed by atoms with van der Waals surface area (Å²) in [5.41, 5.74) is 1.14. The monoisotopic (exact) mass is 275 g/mol. The smallest absolute Gasteiger partial charge is 0.227 e. The molecule has 1 aliphatic heterocycles. The molecule has 0 aliphatic carbocycles. The highest BCUT2D eigenvalue weighted by Crippen LogP contribution is 2.34. The Morgan fingerprint density at radius 1 is 1.45 bits per heavy atom. The molecule has 1 aliphatic rings. The van der Waals surface area contributed by atoms with Crippen molar-refractivity contribution in [3.05, 3.63) is 36.0 Å². The van der Waals surface area contributed by atoms with Gasteiger partial charge in [-0.3, -0.25) is 0 Å². The summed E-state index contributed by atoms with van der Waals surface area (Å²) in [6.07, 6.45) is 3.07. The molecule has 6 heteroatoms. The second-order valence-electron chi connectivity index (χ2n) is 4.63. The number of hydrogen-bond donors (Lipinski definition) is 1. The van der Waals surface area contributed by atoms with Crippen LogP contribution in [0.2, 0.25) is 0 Å².